The minimum absolute atomic E-state index is 0.186. The lowest BCUT2D eigenvalue weighted by Gasteiger charge is -2.07. The average Bonchev–Trinajstić information content (AvgIpc) is 2.51. The van der Waals surface area contributed by atoms with E-state index in [1.807, 2.05) is 30.3 Å². The van der Waals surface area contributed by atoms with Crippen LogP contribution in [0.4, 0.5) is 0 Å². The molecule has 0 spiro atoms. The smallest absolute Gasteiger partial charge is 0.0622 e. The maximum absolute atomic E-state index is 8.13. The Morgan fingerprint density at radius 1 is 0.941 bits per heavy atom. The standard InChI is InChI=1S/C16H11Br/c17-14-10-13-8-4-5-9-15(13)16(11-14)12-6-2-1-3-7-12/h1-11H/i1D,2D,3D,6D,7D. The quantitative estimate of drug-likeness (QED) is 0.572. The fourth-order valence-corrected chi connectivity index (χ4v) is 2.34. The van der Waals surface area contributed by atoms with Crippen LogP contribution in [0.15, 0.2) is 71.1 Å². The van der Waals surface area contributed by atoms with Gasteiger partial charge in [0, 0.05) is 4.47 Å². The third-order valence-corrected chi connectivity index (χ3v) is 3.05. The van der Waals surface area contributed by atoms with Crippen molar-refractivity contribution in [2.75, 3.05) is 0 Å². The van der Waals surface area contributed by atoms with Crippen molar-refractivity contribution in [3.8, 4) is 11.1 Å². The van der Waals surface area contributed by atoms with Crippen LogP contribution in [-0.4, -0.2) is 0 Å². The second-order valence-electron chi connectivity index (χ2n) is 3.67. The number of fused-ring (bicyclic) bond motifs is 1. The van der Waals surface area contributed by atoms with Gasteiger partial charge in [-0.05, 0) is 34.0 Å². The van der Waals surface area contributed by atoms with E-state index in [1.165, 1.54) is 0 Å². The minimum atomic E-state index is -0.377. The summed E-state index contributed by atoms with van der Waals surface area (Å²) in [5, 5.41) is 1.79. The normalized spacial score (nSPS) is 14.8. The third kappa shape index (κ3) is 1.98. The van der Waals surface area contributed by atoms with E-state index in [0.717, 1.165) is 15.2 Å². The van der Waals surface area contributed by atoms with Crippen molar-refractivity contribution < 1.29 is 6.85 Å². The maximum atomic E-state index is 8.13. The van der Waals surface area contributed by atoms with Gasteiger partial charge in [0.1, 0.15) is 0 Å². The Morgan fingerprint density at radius 2 is 1.71 bits per heavy atom. The van der Waals surface area contributed by atoms with Gasteiger partial charge in [0.25, 0.3) is 0 Å². The van der Waals surface area contributed by atoms with Crippen molar-refractivity contribution in [1.82, 2.24) is 0 Å². The first-order valence-electron chi connectivity index (χ1n) is 7.67. The molecule has 3 aromatic carbocycles. The molecule has 17 heavy (non-hydrogen) atoms. The molecule has 0 aliphatic carbocycles. The van der Waals surface area contributed by atoms with Gasteiger partial charge in [-0.1, -0.05) is 70.4 Å². The van der Waals surface area contributed by atoms with Gasteiger partial charge in [0.05, 0.1) is 6.85 Å². The third-order valence-electron chi connectivity index (χ3n) is 2.60. The van der Waals surface area contributed by atoms with Crippen LogP contribution in [-0.2, 0) is 0 Å². The van der Waals surface area contributed by atoms with Gasteiger partial charge in [0.2, 0.25) is 0 Å². The van der Waals surface area contributed by atoms with Crippen LogP contribution in [0.25, 0.3) is 21.9 Å². The lowest BCUT2D eigenvalue weighted by molar-refractivity contribution is 1.63. The molecule has 0 saturated heterocycles. The molecule has 3 aromatic rings. The molecule has 0 radical (unpaired) electrons. The predicted molar refractivity (Wildman–Crippen MR) is 77.1 cm³/mol. The Balaban J connectivity index is 2.48. The number of benzene rings is 3. The zero-order valence-corrected chi connectivity index (χ0v) is 10.4. The maximum Gasteiger partial charge on any atom is 0.0629 e. The molecule has 82 valence electrons. The van der Waals surface area contributed by atoms with E-state index in [-0.39, 0.29) is 35.8 Å². The summed E-state index contributed by atoms with van der Waals surface area (Å²) in [6.07, 6.45) is 0. The highest BCUT2D eigenvalue weighted by molar-refractivity contribution is 9.10. The molecule has 0 heterocycles. The molecule has 1 heteroatoms. The van der Waals surface area contributed by atoms with Gasteiger partial charge in [0.15, 0.2) is 0 Å². The van der Waals surface area contributed by atoms with E-state index in [4.69, 9.17) is 6.85 Å². The summed E-state index contributed by atoms with van der Waals surface area (Å²) in [7, 11) is 0. The lowest BCUT2D eigenvalue weighted by atomic mass is 9.98. The first-order chi connectivity index (χ1) is 10.4. The second-order valence-corrected chi connectivity index (χ2v) is 4.59. The largest absolute Gasteiger partial charge is 0.0629 e. The van der Waals surface area contributed by atoms with Gasteiger partial charge >= 0.3 is 0 Å². The summed E-state index contributed by atoms with van der Waals surface area (Å²) < 4.78 is 40.4. The number of hydrogen-bond acceptors (Lipinski definition) is 0. The summed E-state index contributed by atoms with van der Waals surface area (Å²) in [4.78, 5) is 0. The topological polar surface area (TPSA) is 0 Å². The summed E-state index contributed by atoms with van der Waals surface area (Å²) in [5.41, 5.74) is 0.852. The molecule has 0 N–H and O–H groups in total. The minimum Gasteiger partial charge on any atom is -0.0622 e. The summed E-state index contributed by atoms with van der Waals surface area (Å²) in [6, 6.07) is 9.93. The summed E-state index contributed by atoms with van der Waals surface area (Å²) in [5.74, 6) is 0. The summed E-state index contributed by atoms with van der Waals surface area (Å²) >= 11 is 3.43. The number of halogens is 1. The molecular weight excluding hydrogens is 272 g/mol. The average molecular weight is 288 g/mol. The molecule has 0 aliphatic rings. The van der Waals surface area contributed by atoms with Crippen LogP contribution in [0.2, 0.25) is 0 Å². The molecule has 0 aliphatic heterocycles. The van der Waals surface area contributed by atoms with E-state index in [0.29, 0.717) is 5.56 Å². The molecule has 0 atom stereocenters. The Bertz CT molecular complexity index is 876. The molecule has 0 saturated carbocycles. The fraction of sp³-hybridized carbons (Fsp3) is 0. The second kappa shape index (κ2) is 4.34. The van der Waals surface area contributed by atoms with E-state index in [9.17, 15) is 0 Å². The van der Waals surface area contributed by atoms with E-state index < -0.39 is 0 Å². The molecule has 0 nitrogen and oxygen atoms in total. The van der Waals surface area contributed by atoms with E-state index in [1.54, 1.807) is 6.07 Å². The van der Waals surface area contributed by atoms with Crippen molar-refractivity contribution in [2.45, 2.75) is 0 Å². The SMILES string of the molecule is [2H]c1c([2H])c([2H])c(-c2cc(Br)cc3ccccc23)c([2H])c1[2H]. The lowest BCUT2D eigenvalue weighted by Crippen LogP contribution is -1.81. The first-order valence-corrected chi connectivity index (χ1v) is 5.96. The van der Waals surface area contributed by atoms with Gasteiger partial charge in [-0.3, -0.25) is 0 Å². The molecular formula is C16H11Br. The Hall–Kier alpha value is -1.60. The van der Waals surface area contributed by atoms with Crippen molar-refractivity contribution >= 4 is 26.7 Å². The molecule has 0 fully saturated rings. The first kappa shape index (κ1) is 6.36. The Labute approximate surface area is 116 Å². The molecule has 0 amide bonds. The van der Waals surface area contributed by atoms with Crippen LogP contribution < -0.4 is 0 Å². The van der Waals surface area contributed by atoms with Crippen molar-refractivity contribution in [3.63, 3.8) is 0 Å². The fourth-order valence-electron chi connectivity index (χ4n) is 1.87. The molecule has 0 unspecified atom stereocenters. The van der Waals surface area contributed by atoms with Crippen LogP contribution >= 0.6 is 15.9 Å². The van der Waals surface area contributed by atoms with Crippen LogP contribution in [0.5, 0.6) is 0 Å². The molecule has 0 aromatic heterocycles. The van der Waals surface area contributed by atoms with Crippen molar-refractivity contribution in [3.05, 3.63) is 71.1 Å². The van der Waals surface area contributed by atoms with Crippen LogP contribution in [0.1, 0.15) is 6.85 Å². The number of rotatable bonds is 1. The molecule has 3 rings (SSSR count). The number of hydrogen-bond donors (Lipinski definition) is 0. The zero-order chi connectivity index (χ0) is 16.0. The Morgan fingerprint density at radius 3 is 2.53 bits per heavy atom. The van der Waals surface area contributed by atoms with E-state index in [2.05, 4.69) is 15.9 Å². The van der Waals surface area contributed by atoms with Gasteiger partial charge in [-0.25, -0.2) is 0 Å². The zero-order valence-electron chi connectivity index (χ0n) is 13.8. The van der Waals surface area contributed by atoms with Gasteiger partial charge in [-0.2, -0.15) is 0 Å². The Kier molecular flexibility index (Phi) is 1.63. The van der Waals surface area contributed by atoms with Crippen LogP contribution in [0, 0.1) is 0 Å². The predicted octanol–water partition coefficient (Wildman–Crippen LogP) is 5.27. The highest BCUT2D eigenvalue weighted by Crippen LogP contribution is 2.31. The van der Waals surface area contributed by atoms with Gasteiger partial charge in [-0.15, -0.1) is 0 Å². The summed E-state index contributed by atoms with van der Waals surface area (Å²) in [6.45, 7) is 0. The van der Waals surface area contributed by atoms with Gasteiger partial charge < -0.3 is 0 Å². The van der Waals surface area contributed by atoms with Crippen LogP contribution in [0.3, 0.4) is 0 Å². The highest BCUT2D eigenvalue weighted by Gasteiger charge is 2.04. The van der Waals surface area contributed by atoms with Crippen molar-refractivity contribution in [2.24, 2.45) is 0 Å². The van der Waals surface area contributed by atoms with E-state index >= 15 is 0 Å². The monoisotopic (exact) mass is 287 g/mol. The van der Waals surface area contributed by atoms with Crippen molar-refractivity contribution in [1.29, 1.82) is 0 Å². The highest BCUT2D eigenvalue weighted by atomic mass is 79.9. The molecule has 0 bridgehead atoms.